The molecular weight excluding hydrogens is 499 g/mol. The summed E-state index contributed by atoms with van der Waals surface area (Å²) in [6.45, 7) is 0. The maximum absolute atomic E-state index is 12.8. The number of benzene rings is 3. The van der Waals surface area contributed by atoms with Crippen LogP contribution in [0.15, 0.2) is 72.8 Å². The Hall–Kier alpha value is -1.13. The normalized spacial score (nSPS) is 13.2. The summed E-state index contributed by atoms with van der Waals surface area (Å²) in [5, 5.41) is 0.857. The molecule has 5 heteroatoms. The van der Waals surface area contributed by atoms with Gasteiger partial charge in [-0.25, -0.2) is 0 Å². The van der Waals surface area contributed by atoms with Crippen LogP contribution in [0.5, 0.6) is 0 Å². The van der Waals surface area contributed by atoms with Gasteiger partial charge in [0.05, 0.1) is 14.7 Å². The predicted molar refractivity (Wildman–Crippen MR) is 117 cm³/mol. The van der Waals surface area contributed by atoms with Crippen molar-refractivity contribution in [3.8, 4) is 11.1 Å². The van der Waals surface area contributed by atoms with Gasteiger partial charge in [0.1, 0.15) is 0 Å². The van der Waals surface area contributed by atoms with Gasteiger partial charge in [-0.15, -0.1) is 0 Å². The minimum Gasteiger partial charge on any atom is -0.293 e. The number of alkyl halides is 2. The molecule has 3 aromatic carbocycles. The van der Waals surface area contributed by atoms with Gasteiger partial charge in [-0.3, -0.25) is 4.79 Å². The smallest absolute Gasteiger partial charge is 0.179 e. The molecule has 2 atom stereocenters. The van der Waals surface area contributed by atoms with Gasteiger partial charge < -0.3 is 0 Å². The van der Waals surface area contributed by atoms with Crippen LogP contribution in [0.25, 0.3) is 11.1 Å². The molecule has 0 unspecified atom stereocenters. The molecule has 0 aliphatic rings. The standard InChI is InChI=1S/C21H14Br2Cl2O/c22-19(20(23)21(26)17-11-10-16(24)12-18(17)25)15-8-6-14(7-9-15)13-4-2-1-3-5-13/h1-12,19-20H/t19-,20-/m0/s1. The summed E-state index contributed by atoms with van der Waals surface area (Å²) in [6.07, 6.45) is 0. The number of Topliss-reactive ketones (excluding diaryl/α,β-unsaturated/α-hetero) is 1. The molecule has 0 saturated carbocycles. The third kappa shape index (κ3) is 4.40. The summed E-state index contributed by atoms with van der Waals surface area (Å²) in [5.74, 6) is -0.0966. The Morgan fingerprint density at radius 1 is 0.808 bits per heavy atom. The van der Waals surface area contributed by atoms with Crippen molar-refractivity contribution in [2.45, 2.75) is 9.65 Å². The molecule has 3 rings (SSSR count). The summed E-state index contributed by atoms with van der Waals surface area (Å²) in [5.41, 5.74) is 3.74. The van der Waals surface area contributed by atoms with Gasteiger partial charge in [0.25, 0.3) is 0 Å². The fraction of sp³-hybridized carbons (Fsp3) is 0.0952. The first kappa shape index (κ1) is 19.6. The molecule has 0 aromatic heterocycles. The fourth-order valence-corrected chi connectivity index (χ4v) is 4.23. The summed E-state index contributed by atoms with van der Waals surface area (Å²) in [6, 6.07) is 23.2. The lowest BCUT2D eigenvalue weighted by molar-refractivity contribution is 0.0991. The van der Waals surface area contributed by atoms with Gasteiger partial charge >= 0.3 is 0 Å². The van der Waals surface area contributed by atoms with Crippen molar-refractivity contribution in [3.63, 3.8) is 0 Å². The third-order valence-electron chi connectivity index (χ3n) is 4.04. The Morgan fingerprint density at radius 2 is 1.42 bits per heavy atom. The van der Waals surface area contributed by atoms with E-state index in [1.807, 2.05) is 30.3 Å². The maximum atomic E-state index is 12.8. The number of hydrogen-bond acceptors (Lipinski definition) is 1. The lowest BCUT2D eigenvalue weighted by atomic mass is 9.99. The van der Waals surface area contributed by atoms with Crippen molar-refractivity contribution in [2.24, 2.45) is 0 Å². The second-order valence-corrected chi connectivity index (χ2v) is 8.60. The minimum absolute atomic E-state index is 0.0966. The molecular formula is C21H14Br2Cl2O. The van der Waals surface area contributed by atoms with E-state index in [0.717, 1.165) is 16.7 Å². The number of carbonyl (C=O) groups excluding carboxylic acids is 1. The zero-order valence-corrected chi connectivity index (χ0v) is 18.2. The molecule has 1 nitrogen and oxygen atoms in total. The lowest BCUT2D eigenvalue weighted by Crippen LogP contribution is -2.19. The van der Waals surface area contributed by atoms with E-state index in [1.54, 1.807) is 18.2 Å². The van der Waals surface area contributed by atoms with Crippen LogP contribution in [-0.4, -0.2) is 10.6 Å². The van der Waals surface area contributed by atoms with Crippen molar-refractivity contribution < 1.29 is 4.79 Å². The highest BCUT2D eigenvalue weighted by Gasteiger charge is 2.27. The van der Waals surface area contributed by atoms with E-state index in [9.17, 15) is 4.79 Å². The van der Waals surface area contributed by atoms with Crippen LogP contribution >= 0.6 is 55.1 Å². The zero-order chi connectivity index (χ0) is 18.7. The number of halogens is 4. The van der Waals surface area contributed by atoms with E-state index in [1.165, 1.54) is 0 Å². The molecule has 0 amide bonds. The summed E-state index contributed by atoms with van der Waals surface area (Å²) < 4.78 is 0. The zero-order valence-electron chi connectivity index (χ0n) is 13.5. The van der Waals surface area contributed by atoms with Crippen molar-refractivity contribution in [2.75, 3.05) is 0 Å². The van der Waals surface area contributed by atoms with Crippen molar-refractivity contribution >= 4 is 60.8 Å². The van der Waals surface area contributed by atoms with Gasteiger partial charge in [-0.05, 0) is 34.9 Å². The average molecular weight is 513 g/mol. The Balaban J connectivity index is 1.79. The molecule has 0 N–H and O–H groups in total. The third-order valence-corrected chi connectivity index (χ3v) is 7.30. The first-order chi connectivity index (χ1) is 12.5. The number of ketones is 1. The molecule has 0 saturated heterocycles. The highest BCUT2D eigenvalue weighted by molar-refractivity contribution is 9.12. The van der Waals surface area contributed by atoms with Crippen LogP contribution in [0, 0.1) is 0 Å². The van der Waals surface area contributed by atoms with Gasteiger partial charge in [0.15, 0.2) is 5.78 Å². The van der Waals surface area contributed by atoms with Crippen molar-refractivity contribution in [1.29, 1.82) is 0 Å². The van der Waals surface area contributed by atoms with Gasteiger partial charge in [0, 0.05) is 10.6 Å². The molecule has 0 spiro atoms. The van der Waals surface area contributed by atoms with Crippen LogP contribution < -0.4 is 0 Å². The molecule has 26 heavy (non-hydrogen) atoms. The van der Waals surface area contributed by atoms with E-state index in [-0.39, 0.29) is 10.6 Å². The second-order valence-electron chi connectivity index (χ2n) is 5.78. The van der Waals surface area contributed by atoms with Gasteiger partial charge in [-0.1, -0.05) is 110 Å². The molecule has 0 bridgehead atoms. The first-order valence-corrected chi connectivity index (χ1v) is 10.5. The summed E-state index contributed by atoms with van der Waals surface area (Å²) >= 11 is 19.2. The minimum atomic E-state index is -0.455. The van der Waals surface area contributed by atoms with Gasteiger partial charge in [-0.2, -0.15) is 0 Å². The molecule has 3 aromatic rings. The van der Waals surface area contributed by atoms with Crippen LogP contribution in [0.2, 0.25) is 10.0 Å². The van der Waals surface area contributed by atoms with Crippen molar-refractivity contribution in [3.05, 3.63) is 94.0 Å². The number of rotatable bonds is 5. The molecule has 0 radical (unpaired) electrons. The highest BCUT2D eigenvalue weighted by atomic mass is 79.9. The average Bonchev–Trinajstić information content (AvgIpc) is 2.67. The quantitative estimate of drug-likeness (QED) is 0.252. The molecule has 0 fully saturated rings. The van der Waals surface area contributed by atoms with E-state index in [4.69, 9.17) is 23.2 Å². The Labute approximate surface area is 179 Å². The van der Waals surface area contributed by atoms with Crippen LogP contribution in [0.1, 0.15) is 20.7 Å². The Kier molecular flexibility index (Phi) is 6.57. The summed E-state index contributed by atoms with van der Waals surface area (Å²) in [4.78, 5) is 12.1. The van der Waals surface area contributed by atoms with E-state index in [0.29, 0.717) is 15.6 Å². The van der Waals surface area contributed by atoms with Crippen molar-refractivity contribution in [1.82, 2.24) is 0 Å². The predicted octanol–water partition coefficient (Wildman–Crippen LogP) is 7.74. The first-order valence-electron chi connectivity index (χ1n) is 7.90. The lowest BCUT2D eigenvalue weighted by Gasteiger charge is -2.17. The SMILES string of the molecule is O=C(c1ccc(Cl)cc1Cl)[C@@H](Br)[C@@H](Br)c1ccc(-c2ccccc2)cc1. The van der Waals surface area contributed by atoms with E-state index < -0.39 is 4.83 Å². The highest BCUT2D eigenvalue weighted by Crippen LogP contribution is 2.35. The van der Waals surface area contributed by atoms with Crippen LogP contribution in [-0.2, 0) is 0 Å². The van der Waals surface area contributed by atoms with E-state index in [2.05, 4.69) is 56.1 Å². The Bertz CT molecular complexity index is 911. The molecule has 132 valence electrons. The fourth-order valence-electron chi connectivity index (χ4n) is 2.63. The summed E-state index contributed by atoms with van der Waals surface area (Å²) in [7, 11) is 0. The van der Waals surface area contributed by atoms with Crippen LogP contribution in [0.3, 0.4) is 0 Å². The topological polar surface area (TPSA) is 17.1 Å². The molecule has 0 aliphatic heterocycles. The maximum Gasteiger partial charge on any atom is 0.179 e. The molecule has 0 heterocycles. The second kappa shape index (κ2) is 8.71. The largest absolute Gasteiger partial charge is 0.293 e. The Morgan fingerprint density at radius 3 is 2.04 bits per heavy atom. The van der Waals surface area contributed by atoms with Gasteiger partial charge in [0.2, 0.25) is 0 Å². The number of hydrogen-bond donors (Lipinski definition) is 0. The number of carbonyl (C=O) groups is 1. The van der Waals surface area contributed by atoms with E-state index >= 15 is 0 Å². The monoisotopic (exact) mass is 510 g/mol. The van der Waals surface area contributed by atoms with Crippen LogP contribution in [0.4, 0.5) is 0 Å². The molecule has 0 aliphatic carbocycles.